The van der Waals surface area contributed by atoms with Crippen LogP contribution in [0, 0.1) is 5.92 Å². The van der Waals surface area contributed by atoms with E-state index in [-0.39, 0.29) is 11.3 Å². The molecule has 2 aromatic rings. The van der Waals surface area contributed by atoms with Crippen LogP contribution in [-0.4, -0.2) is 48.3 Å². The Morgan fingerprint density at radius 1 is 1.21 bits per heavy atom. The van der Waals surface area contributed by atoms with Gasteiger partial charge in [-0.1, -0.05) is 34.1 Å². The molecule has 0 spiro atoms. The first-order chi connectivity index (χ1) is 17.9. The number of hydrogen-bond acceptors (Lipinski definition) is 5. The quantitative estimate of drug-likeness (QED) is 0.424. The molecule has 0 bridgehead atoms. The highest BCUT2D eigenvalue weighted by atomic mass is 79.9. The predicted molar refractivity (Wildman–Crippen MR) is 152 cm³/mol. The number of ether oxygens (including phenoxy) is 2. The summed E-state index contributed by atoms with van der Waals surface area (Å²) < 4.78 is 29.1. The number of fused-ring (bicyclic) bond motifs is 5. The molecule has 0 radical (unpaired) electrons. The smallest absolute Gasteiger partial charge is 0.264 e. The first kappa shape index (κ1) is 26.1. The molecule has 2 atom stereocenters. The van der Waals surface area contributed by atoms with Crippen LogP contribution in [0.5, 0.6) is 17.2 Å². The molecular weight excluding hydrogens is 551 g/mol. The van der Waals surface area contributed by atoms with Crippen LogP contribution in [0.4, 0.5) is 10.1 Å². The number of rotatable bonds is 3. The minimum atomic E-state index is -2.30. The second-order valence-corrected chi connectivity index (χ2v) is 11.5. The largest absolute Gasteiger partial charge is 0.504 e. The van der Waals surface area contributed by atoms with Crippen molar-refractivity contribution in [3.05, 3.63) is 70.3 Å². The summed E-state index contributed by atoms with van der Waals surface area (Å²) in [7, 11) is 4.57. The second-order valence-electron chi connectivity index (χ2n) is 10.6. The number of hydrogen-bond donors (Lipinski definition) is 2. The van der Waals surface area contributed by atoms with E-state index in [4.69, 9.17) is 9.47 Å². The average Bonchev–Trinajstić information content (AvgIpc) is 2.84. The fourth-order valence-electron chi connectivity index (χ4n) is 5.51. The van der Waals surface area contributed by atoms with Crippen LogP contribution in [0.25, 0.3) is 22.5 Å². The number of allylic oxidation sites excluding steroid dienone is 5. The van der Waals surface area contributed by atoms with Crippen LogP contribution >= 0.6 is 15.9 Å². The Hall–Kier alpha value is -3.52. The van der Waals surface area contributed by atoms with E-state index in [9.17, 15) is 9.90 Å². The van der Waals surface area contributed by atoms with Gasteiger partial charge in [-0.3, -0.25) is 4.79 Å². The number of nitrogens with zero attached hydrogens (tertiary/aromatic N) is 1. The third-order valence-electron chi connectivity index (χ3n) is 7.05. The first-order valence-corrected chi connectivity index (χ1v) is 13.1. The normalized spacial score (nSPS) is 23.7. The summed E-state index contributed by atoms with van der Waals surface area (Å²) in [6.45, 7) is 6.20. The molecule has 2 heterocycles. The molecule has 1 aliphatic carbocycles. The number of alkyl halides is 1. The van der Waals surface area contributed by atoms with E-state index >= 15 is 4.39 Å². The average molecular weight is 581 g/mol. The highest BCUT2D eigenvalue weighted by Gasteiger charge is 2.46. The summed E-state index contributed by atoms with van der Waals surface area (Å²) in [5.41, 5.74) is 2.37. The van der Waals surface area contributed by atoms with Crippen molar-refractivity contribution < 1.29 is 23.8 Å². The maximum absolute atomic E-state index is 16.5. The van der Waals surface area contributed by atoms with Gasteiger partial charge < -0.3 is 24.8 Å². The van der Waals surface area contributed by atoms with Crippen molar-refractivity contribution in [1.29, 1.82) is 0 Å². The van der Waals surface area contributed by atoms with Crippen LogP contribution in [0.15, 0.2) is 59.1 Å². The van der Waals surface area contributed by atoms with E-state index in [1.807, 2.05) is 19.1 Å². The Bertz CT molecular complexity index is 1490. The molecule has 3 aliphatic rings. The molecule has 0 saturated heterocycles. The highest BCUT2D eigenvalue weighted by molar-refractivity contribution is 9.11. The van der Waals surface area contributed by atoms with Gasteiger partial charge in [-0.2, -0.15) is 0 Å². The number of anilines is 1. The number of phenols is 1. The molecule has 38 heavy (non-hydrogen) atoms. The molecule has 8 heteroatoms. The number of phenolic OH excluding ortho intramolecular Hbond substituents is 1. The van der Waals surface area contributed by atoms with Gasteiger partial charge in [0.1, 0.15) is 11.5 Å². The third-order valence-corrected chi connectivity index (χ3v) is 7.57. The van der Waals surface area contributed by atoms with Gasteiger partial charge in [0, 0.05) is 46.9 Å². The van der Waals surface area contributed by atoms with E-state index in [1.165, 1.54) is 38.2 Å². The third kappa shape index (κ3) is 4.11. The molecular formula is C30H30BrFN2O4. The monoisotopic (exact) mass is 580 g/mol. The van der Waals surface area contributed by atoms with Crippen LogP contribution in [-0.2, 0) is 4.79 Å². The molecule has 2 aromatic carbocycles. The summed E-state index contributed by atoms with van der Waals surface area (Å²) in [5, 5.41) is 14.1. The van der Waals surface area contributed by atoms with Crippen molar-refractivity contribution >= 4 is 38.9 Å². The lowest BCUT2D eigenvalue weighted by Gasteiger charge is -2.36. The standard InChI is InChI=1S/C30H30BrFN2O4/c1-16-15-29(2,3)33-20-8-7-19-25(24(16)20)23(38-22-10-9-21(35)27(37-6)26(19)22)14-17-13-18(31)11-12-30(17,32)28(36)34(4)5/h7-15,17,33,35H,1-6H3/b23-14-. The van der Waals surface area contributed by atoms with Crippen molar-refractivity contribution in [3.8, 4) is 28.4 Å². The number of benzene rings is 2. The van der Waals surface area contributed by atoms with Crippen LogP contribution in [0.1, 0.15) is 31.9 Å². The summed E-state index contributed by atoms with van der Waals surface area (Å²) >= 11 is 3.45. The molecule has 5 rings (SSSR count). The van der Waals surface area contributed by atoms with Gasteiger partial charge in [0.05, 0.1) is 18.2 Å². The molecule has 198 valence electrons. The minimum absolute atomic E-state index is 0.0129. The van der Waals surface area contributed by atoms with Crippen LogP contribution < -0.4 is 14.8 Å². The molecule has 0 aromatic heterocycles. The molecule has 0 saturated carbocycles. The van der Waals surface area contributed by atoms with E-state index in [1.54, 1.807) is 24.3 Å². The second kappa shape index (κ2) is 9.05. The van der Waals surface area contributed by atoms with Crippen LogP contribution in [0.2, 0.25) is 0 Å². The van der Waals surface area contributed by atoms with E-state index in [2.05, 4.69) is 41.2 Å². The zero-order valence-electron chi connectivity index (χ0n) is 22.1. The van der Waals surface area contributed by atoms with Gasteiger partial charge in [0.2, 0.25) is 5.67 Å². The lowest BCUT2D eigenvalue weighted by atomic mass is 9.80. The Kier molecular flexibility index (Phi) is 6.21. The number of halogens is 2. The van der Waals surface area contributed by atoms with Crippen molar-refractivity contribution in [2.45, 2.75) is 32.0 Å². The summed E-state index contributed by atoms with van der Waals surface area (Å²) in [6.07, 6.45) is 8.31. The fourth-order valence-corrected chi connectivity index (χ4v) is 5.93. The predicted octanol–water partition coefficient (Wildman–Crippen LogP) is 6.67. The maximum Gasteiger partial charge on any atom is 0.264 e. The Labute approximate surface area is 230 Å². The lowest BCUT2D eigenvalue weighted by molar-refractivity contribution is -0.139. The summed E-state index contributed by atoms with van der Waals surface area (Å²) in [5.74, 6) is -0.461. The van der Waals surface area contributed by atoms with Gasteiger partial charge in [-0.15, -0.1) is 0 Å². The molecule has 2 aliphatic heterocycles. The van der Waals surface area contributed by atoms with E-state index < -0.39 is 17.5 Å². The number of nitrogens with one attached hydrogen (secondary N) is 1. The Morgan fingerprint density at radius 3 is 2.63 bits per heavy atom. The van der Waals surface area contributed by atoms with Crippen LogP contribution in [0.3, 0.4) is 0 Å². The topological polar surface area (TPSA) is 71.0 Å². The zero-order chi connectivity index (χ0) is 27.6. The Morgan fingerprint density at radius 2 is 1.95 bits per heavy atom. The number of carbonyl (C=O) groups is 1. The van der Waals surface area contributed by atoms with Gasteiger partial charge in [0.15, 0.2) is 11.5 Å². The van der Waals surface area contributed by atoms with Gasteiger partial charge >= 0.3 is 0 Å². The minimum Gasteiger partial charge on any atom is -0.504 e. The summed E-state index contributed by atoms with van der Waals surface area (Å²) in [4.78, 5) is 14.3. The van der Waals surface area contributed by atoms with Gasteiger partial charge in [-0.25, -0.2) is 4.39 Å². The van der Waals surface area contributed by atoms with Crippen molar-refractivity contribution in [2.75, 3.05) is 26.5 Å². The van der Waals surface area contributed by atoms with Gasteiger partial charge in [-0.05, 0) is 62.8 Å². The fraction of sp³-hybridized carbons (Fsp3) is 0.300. The zero-order valence-corrected chi connectivity index (χ0v) is 23.7. The SMILES string of the molecule is COc1c(O)ccc2c1-c1ccc3c(c1/C(=C/C1C=C(Br)C=CC1(F)C(=O)N(C)C)O2)C(C)=CC(C)(C)N3. The molecule has 2 N–H and O–H groups in total. The van der Waals surface area contributed by atoms with E-state index in [0.717, 1.165) is 28.0 Å². The lowest BCUT2D eigenvalue weighted by Crippen LogP contribution is -2.46. The maximum atomic E-state index is 16.5. The number of carbonyl (C=O) groups excluding carboxylic acids is 1. The van der Waals surface area contributed by atoms with Crippen molar-refractivity contribution in [2.24, 2.45) is 5.92 Å². The van der Waals surface area contributed by atoms with E-state index in [0.29, 0.717) is 27.3 Å². The van der Waals surface area contributed by atoms with Crippen molar-refractivity contribution in [1.82, 2.24) is 4.90 Å². The molecule has 0 fully saturated rings. The van der Waals surface area contributed by atoms with Crippen molar-refractivity contribution in [3.63, 3.8) is 0 Å². The molecule has 2 unspecified atom stereocenters. The number of aromatic hydroxyl groups is 1. The number of amides is 1. The molecule has 6 nitrogen and oxygen atoms in total. The summed E-state index contributed by atoms with van der Waals surface area (Å²) in [6, 6.07) is 7.11. The molecule has 1 amide bonds. The number of methoxy groups -OCH3 is 1. The van der Waals surface area contributed by atoms with Gasteiger partial charge in [0.25, 0.3) is 5.91 Å². The Balaban J connectivity index is 1.80. The highest BCUT2D eigenvalue weighted by Crippen LogP contribution is 2.54. The first-order valence-electron chi connectivity index (χ1n) is 12.3.